The number of rotatable bonds is 6. The molecule has 0 aromatic carbocycles. The number of hydrogen-bond acceptors (Lipinski definition) is 6. The minimum Gasteiger partial charge on any atom is -0.477 e. The molecule has 9 heteroatoms. The van der Waals surface area contributed by atoms with E-state index in [2.05, 4.69) is 10.3 Å². The van der Waals surface area contributed by atoms with Crippen LogP contribution in [-0.2, 0) is 6.42 Å². The molecule has 2 aromatic rings. The number of halogens is 1. The Hall–Kier alpha value is -2.19. The fourth-order valence-electron chi connectivity index (χ4n) is 1.66. The first-order valence-electron chi connectivity index (χ1n) is 5.83. The number of aromatic nitrogens is 1. The third-order valence-electron chi connectivity index (χ3n) is 2.62. The smallest absolute Gasteiger partial charge is 0.342 e. The molecule has 0 unspecified atom stereocenters. The number of aromatic carboxylic acids is 1. The molecule has 0 saturated carbocycles. The topological polar surface area (TPSA) is 105 Å². The average Bonchev–Trinajstić information content (AvgIpc) is 2.84. The van der Waals surface area contributed by atoms with Crippen LogP contribution in [-0.4, -0.2) is 27.5 Å². The van der Waals surface area contributed by atoms with Crippen molar-refractivity contribution in [3.63, 3.8) is 0 Å². The molecule has 2 N–H and O–H groups in total. The number of carbonyl (C=O) groups is 1. The molecule has 2 heterocycles. The largest absolute Gasteiger partial charge is 0.477 e. The van der Waals surface area contributed by atoms with Gasteiger partial charge >= 0.3 is 11.7 Å². The maximum Gasteiger partial charge on any atom is 0.342 e. The SMILES string of the molecule is O=C(O)c1cc(NCCc2ccc(Cl)s2)ncc1[N+](=O)[O-]. The number of thiophene rings is 1. The predicted octanol–water partition coefficient (Wildman–Crippen LogP) is 3.06. The van der Waals surface area contributed by atoms with E-state index in [-0.39, 0.29) is 5.82 Å². The van der Waals surface area contributed by atoms with Crippen molar-refractivity contribution in [2.45, 2.75) is 6.42 Å². The highest BCUT2D eigenvalue weighted by Crippen LogP contribution is 2.22. The zero-order chi connectivity index (χ0) is 15.4. The quantitative estimate of drug-likeness (QED) is 0.624. The Morgan fingerprint density at radius 2 is 2.29 bits per heavy atom. The van der Waals surface area contributed by atoms with Gasteiger partial charge in [-0.3, -0.25) is 10.1 Å². The van der Waals surface area contributed by atoms with Gasteiger partial charge in [0.15, 0.2) is 0 Å². The van der Waals surface area contributed by atoms with Gasteiger partial charge in [0.2, 0.25) is 0 Å². The Morgan fingerprint density at radius 3 is 2.86 bits per heavy atom. The summed E-state index contributed by atoms with van der Waals surface area (Å²) < 4.78 is 0.701. The van der Waals surface area contributed by atoms with Crippen LogP contribution < -0.4 is 5.32 Å². The van der Waals surface area contributed by atoms with E-state index in [0.717, 1.165) is 17.1 Å². The number of carboxylic acids is 1. The lowest BCUT2D eigenvalue weighted by molar-refractivity contribution is -0.385. The van der Waals surface area contributed by atoms with E-state index in [9.17, 15) is 14.9 Å². The van der Waals surface area contributed by atoms with E-state index in [4.69, 9.17) is 16.7 Å². The minimum atomic E-state index is -1.36. The summed E-state index contributed by atoms with van der Waals surface area (Å²) in [5, 5.41) is 22.6. The van der Waals surface area contributed by atoms with Gasteiger partial charge in [-0.15, -0.1) is 11.3 Å². The Labute approximate surface area is 128 Å². The molecule has 7 nitrogen and oxygen atoms in total. The number of anilines is 1. The minimum absolute atomic E-state index is 0.278. The molecule has 0 aliphatic heterocycles. The highest BCUT2D eigenvalue weighted by molar-refractivity contribution is 7.16. The summed E-state index contributed by atoms with van der Waals surface area (Å²) >= 11 is 7.27. The van der Waals surface area contributed by atoms with Gasteiger partial charge < -0.3 is 10.4 Å². The van der Waals surface area contributed by atoms with Gasteiger partial charge in [0, 0.05) is 17.5 Å². The number of nitro groups is 1. The van der Waals surface area contributed by atoms with Crippen LogP contribution in [0.2, 0.25) is 4.34 Å². The fraction of sp³-hybridized carbons (Fsp3) is 0.167. The number of nitrogens with zero attached hydrogens (tertiary/aromatic N) is 2. The Balaban J connectivity index is 2.05. The van der Waals surface area contributed by atoms with Crippen molar-refractivity contribution in [2.24, 2.45) is 0 Å². The molecule has 0 fully saturated rings. The monoisotopic (exact) mass is 327 g/mol. The molecule has 110 valence electrons. The second-order valence-electron chi connectivity index (χ2n) is 4.03. The highest BCUT2D eigenvalue weighted by atomic mass is 35.5. The van der Waals surface area contributed by atoms with Crippen LogP contribution >= 0.6 is 22.9 Å². The molecule has 2 aromatic heterocycles. The second kappa shape index (κ2) is 6.51. The molecule has 0 bridgehead atoms. The Kier molecular flexibility index (Phi) is 4.71. The molecule has 21 heavy (non-hydrogen) atoms. The normalized spacial score (nSPS) is 10.3. The fourth-order valence-corrected chi connectivity index (χ4v) is 2.75. The zero-order valence-electron chi connectivity index (χ0n) is 10.6. The molecule has 0 radical (unpaired) electrons. The van der Waals surface area contributed by atoms with Crippen LogP contribution in [0.5, 0.6) is 0 Å². The van der Waals surface area contributed by atoms with Crippen LogP contribution in [0.4, 0.5) is 11.5 Å². The van der Waals surface area contributed by atoms with Crippen molar-refractivity contribution >= 4 is 40.4 Å². The van der Waals surface area contributed by atoms with Crippen molar-refractivity contribution in [3.8, 4) is 0 Å². The summed E-state index contributed by atoms with van der Waals surface area (Å²) in [4.78, 5) is 25.9. The molecule has 0 amide bonds. The van der Waals surface area contributed by atoms with Crippen molar-refractivity contribution in [1.29, 1.82) is 0 Å². The first kappa shape index (κ1) is 15.2. The van der Waals surface area contributed by atoms with Gasteiger partial charge in [-0.2, -0.15) is 0 Å². The van der Waals surface area contributed by atoms with Crippen molar-refractivity contribution < 1.29 is 14.8 Å². The molecule has 0 aliphatic rings. The molecular weight excluding hydrogens is 318 g/mol. The van der Waals surface area contributed by atoms with Gasteiger partial charge in [0.25, 0.3) is 0 Å². The molecular formula is C12H10ClN3O4S. The van der Waals surface area contributed by atoms with E-state index in [1.165, 1.54) is 11.3 Å². The molecule has 0 aliphatic carbocycles. The van der Waals surface area contributed by atoms with Crippen LogP contribution in [0, 0.1) is 10.1 Å². The van der Waals surface area contributed by atoms with Gasteiger partial charge in [-0.1, -0.05) is 11.6 Å². The molecule has 2 rings (SSSR count). The first-order chi connectivity index (χ1) is 9.97. The van der Waals surface area contributed by atoms with Crippen molar-refractivity contribution in [3.05, 3.63) is 49.3 Å². The Morgan fingerprint density at radius 1 is 1.52 bits per heavy atom. The van der Waals surface area contributed by atoms with E-state index in [1.54, 1.807) is 6.07 Å². The maximum atomic E-state index is 11.0. The zero-order valence-corrected chi connectivity index (χ0v) is 12.1. The highest BCUT2D eigenvalue weighted by Gasteiger charge is 2.20. The second-order valence-corrected chi connectivity index (χ2v) is 5.83. The Bertz CT molecular complexity index is 689. The summed E-state index contributed by atoms with van der Waals surface area (Å²) in [5.74, 6) is -1.09. The molecule has 0 spiro atoms. The van der Waals surface area contributed by atoms with Gasteiger partial charge in [-0.25, -0.2) is 9.78 Å². The van der Waals surface area contributed by atoms with E-state index < -0.39 is 22.1 Å². The van der Waals surface area contributed by atoms with E-state index in [1.807, 2.05) is 6.07 Å². The summed E-state index contributed by atoms with van der Waals surface area (Å²) in [6, 6.07) is 4.86. The lowest BCUT2D eigenvalue weighted by Gasteiger charge is -2.05. The number of nitrogens with one attached hydrogen (secondary N) is 1. The third-order valence-corrected chi connectivity index (χ3v) is 3.91. The first-order valence-corrected chi connectivity index (χ1v) is 7.02. The average molecular weight is 328 g/mol. The lowest BCUT2D eigenvalue weighted by atomic mass is 10.2. The lowest BCUT2D eigenvalue weighted by Crippen LogP contribution is -2.09. The van der Waals surface area contributed by atoms with E-state index in [0.29, 0.717) is 17.3 Å². The van der Waals surface area contributed by atoms with Gasteiger partial charge in [-0.05, 0) is 18.6 Å². The summed E-state index contributed by atoms with van der Waals surface area (Å²) in [6.07, 6.45) is 1.63. The van der Waals surface area contributed by atoms with Crippen molar-refractivity contribution in [1.82, 2.24) is 4.98 Å². The molecule has 0 saturated heterocycles. The van der Waals surface area contributed by atoms with Crippen molar-refractivity contribution in [2.75, 3.05) is 11.9 Å². The number of carboxylic acid groups (broad SMARTS) is 1. The maximum absolute atomic E-state index is 11.0. The van der Waals surface area contributed by atoms with Gasteiger partial charge in [0.1, 0.15) is 17.6 Å². The van der Waals surface area contributed by atoms with E-state index >= 15 is 0 Å². The predicted molar refractivity (Wildman–Crippen MR) is 79.4 cm³/mol. The summed E-state index contributed by atoms with van der Waals surface area (Å²) in [7, 11) is 0. The van der Waals surface area contributed by atoms with Crippen LogP contribution in [0.15, 0.2) is 24.4 Å². The number of hydrogen-bond donors (Lipinski definition) is 2. The van der Waals surface area contributed by atoms with Crippen LogP contribution in [0.1, 0.15) is 15.2 Å². The van der Waals surface area contributed by atoms with Crippen LogP contribution in [0.25, 0.3) is 0 Å². The summed E-state index contributed by atoms with van der Waals surface area (Å²) in [5.41, 5.74) is -0.922. The standard InChI is InChI=1S/C12H10ClN3O4S/c13-10-2-1-7(21-10)3-4-14-11-5-8(12(17)18)9(6-15-11)16(19)20/h1-2,5-6H,3-4H2,(H,14,15)(H,17,18). The molecule has 0 atom stereocenters. The summed E-state index contributed by atoms with van der Waals surface area (Å²) in [6.45, 7) is 0.515. The van der Waals surface area contributed by atoms with Gasteiger partial charge in [0.05, 0.1) is 9.26 Å². The third kappa shape index (κ3) is 3.89. The van der Waals surface area contributed by atoms with Crippen LogP contribution in [0.3, 0.4) is 0 Å². The number of pyridine rings is 1.